The zero-order valence-electron chi connectivity index (χ0n) is 15.7. The highest BCUT2D eigenvalue weighted by atomic mass is 16.5. The van der Waals surface area contributed by atoms with Crippen molar-refractivity contribution in [3.05, 3.63) is 54.1 Å². The average molecular weight is 370 g/mol. The summed E-state index contributed by atoms with van der Waals surface area (Å²) in [5, 5.41) is 11.1. The van der Waals surface area contributed by atoms with Crippen LogP contribution in [0.25, 0.3) is 0 Å². The molecule has 4 N–H and O–H groups in total. The molecule has 2 aromatic carbocycles. The average Bonchev–Trinajstić information content (AvgIpc) is 2.65. The molecule has 0 spiro atoms. The summed E-state index contributed by atoms with van der Waals surface area (Å²) in [5.41, 5.74) is 2.82. The number of carbonyl (C=O) groups excluding carboxylic acids is 2. The molecule has 0 aliphatic heterocycles. The van der Waals surface area contributed by atoms with Gasteiger partial charge in [-0.25, -0.2) is 9.59 Å². The first-order chi connectivity index (χ1) is 13.1. The number of amides is 4. The van der Waals surface area contributed by atoms with Crippen molar-refractivity contribution in [1.29, 1.82) is 0 Å². The molecule has 0 aromatic heterocycles. The third-order valence-corrected chi connectivity index (χ3v) is 3.73. The molecule has 0 unspecified atom stereocenters. The summed E-state index contributed by atoms with van der Waals surface area (Å²) in [5.74, 6) is 0. The van der Waals surface area contributed by atoms with Gasteiger partial charge in [0.1, 0.15) is 0 Å². The van der Waals surface area contributed by atoms with Gasteiger partial charge in [-0.2, -0.15) is 0 Å². The van der Waals surface area contributed by atoms with Gasteiger partial charge in [0.2, 0.25) is 0 Å². The van der Waals surface area contributed by atoms with Crippen LogP contribution in [0.15, 0.2) is 48.5 Å². The van der Waals surface area contributed by atoms with Gasteiger partial charge in [0, 0.05) is 36.8 Å². The second-order valence-corrected chi connectivity index (χ2v) is 5.91. The molecule has 0 heterocycles. The fourth-order valence-corrected chi connectivity index (χ4v) is 2.34. The molecule has 0 bridgehead atoms. The molecule has 144 valence electrons. The monoisotopic (exact) mass is 370 g/mol. The number of aryl methyl sites for hydroxylation is 1. The SMILES string of the molecule is CCOCCCNC(=O)Nc1cc(NC(=O)Nc2ccccc2)ccc1C. The lowest BCUT2D eigenvalue weighted by atomic mass is 10.2. The Labute approximate surface area is 159 Å². The first-order valence-electron chi connectivity index (χ1n) is 8.94. The smallest absolute Gasteiger partial charge is 0.323 e. The molecule has 2 rings (SSSR count). The van der Waals surface area contributed by atoms with Crippen LogP contribution in [0.5, 0.6) is 0 Å². The lowest BCUT2D eigenvalue weighted by Gasteiger charge is -2.13. The topological polar surface area (TPSA) is 91.5 Å². The molecule has 0 aliphatic carbocycles. The fourth-order valence-electron chi connectivity index (χ4n) is 2.34. The summed E-state index contributed by atoms with van der Waals surface area (Å²) in [4.78, 5) is 24.1. The van der Waals surface area contributed by atoms with Crippen LogP contribution < -0.4 is 21.3 Å². The number of rotatable bonds is 8. The highest BCUT2D eigenvalue weighted by molar-refractivity contribution is 6.00. The number of carbonyl (C=O) groups is 2. The van der Waals surface area contributed by atoms with E-state index in [0.717, 1.165) is 12.0 Å². The minimum absolute atomic E-state index is 0.291. The number of para-hydroxylation sites is 1. The van der Waals surface area contributed by atoms with E-state index in [1.54, 1.807) is 24.3 Å². The van der Waals surface area contributed by atoms with Gasteiger partial charge in [-0.05, 0) is 50.1 Å². The van der Waals surface area contributed by atoms with E-state index in [9.17, 15) is 9.59 Å². The molecule has 0 fully saturated rings. The fraction of sp³-hybridized carbons (Fsp3) is 0.300. The molecule has 2 aromatic rings. The lowest BCUT2D eigenvalue weighted by Crippen LogP contribution is -2.30. The lowest BCUT2D eigenvalue weighted by molar-refractivity contribution is 0.145. The summed E-state index contributed by atoms with van der Waals surface area (Å²) >= 11 is 0. The summed E-state index contributed by atoms with van der Waals surface area (Å²) in [7, 11) is 0. The van der Waals surface area contributed by atoms with Gasteiger partial charge in [0.25, 0.3) is 0 Å². The van der Waals surface area contributed by atoms with Crippen LogP contribution in [0.1, 0.15) is 18.9 Å². The third kappa shape index (κ3) is 7.37. The Hall–Kier alpha value is -3.06. The molecular weight excluding hydrogens is 344 g/mol. The van der Waals surface area contributed by atoms with E-state index in [2.05, 4.69) is 21.3 Å². The van der Waals surface area contributed by atoms with Crippen molar-refractivity contribution in [3.63, 3.8) is 0 Å². The third-order valence-electron chi connectivity index (χ3n) is 3.73. The van der Waals surface area contributed by atoms with Crippen molar-refractivity contribution in [3.8, 4) is 0 Å². The maximum Gasteiger partial charge on any atom is 0.323 e. The molecule has 4 amide bonds. The molecule has 7 nitrogen and oxygen atoms in total. The zero-order valence-corrected chi connectivity index (χ0v) is 15.7. The second kappa shape index (κ2) is 10.8. The van der Waals surface area contributed by atoms with E-state index in [0.29, 0.717) is 36.8 Å². The van der Waals surface area contributed by atoms with E-state index in [-0.39, 0.29) is 12.1 Å². The molecule has 7 heteroatoms. The first kappa shape index (κ1) is 20.3. The summed E-state index contributed by atoms with van der Waals surface area (Å²) < 4.78 is 5.23. The van der Waals surface area contributed by atoms with E-state index in [1.807, 2.05) is 38.1 Å². The number of ether oxygens (including phenoxy) is 1. The molecule has 0 aliphatic rings. The molecule has 0 atom stereocenters. The van der Waals surface area contributed by atoms with Crippen LogP contribution in [0, 0.1) is 6.92 Å². The summed E-state index contributed by atoms with van der Waals surface area (Å²) in [6, 6.07) is 13.9. The number of hydrogen-bond acceptors (Lipinski definition) is 3. The van der Waals surface area contributed by atoms with Crippen molar-refractivity contribution in [1.82, 2.24) is 5.32 Å². The normalized spacial score (nSPS) is 10.1. The Balaban J connectivity index is 1.87. The Morgan fingerprint density at radius 1 is 0.926 bits per heavy atom. The van der Waals surface area contributed by atoms with Gasteiger partial charge < -0.3 is 26.0 Å². The quantitative estimate of drug-likeness (QED) is 0.525. The largest absolute Gasteiger partial charge is 0.382 e. The van der Waals surface area contributed by atoms with Crippen LogP contribution in [-0.2, 0) is 4.74 Å². The maximum absolute atomic E-state index is 12.1. The van der Waals surface area contributed by atoms with Gasteiger partial charge in [0.05, 0.1) is 0 Å². The summed E-state index contributed by atoms with van der Waals surface area (Å²) in [6.07, 6.45) is 0.751. The molecule has 0 radical (unpaired) electrons. The molecule has 0 saturated carbocycles. The van der Waals surface area contributed by atoms with Crippen molar-refractivity contribution < 1.29 is 14.3 Å². The van der Waals surface area contributed by atoms with Crippen LogP contribution in [0.4, 0.5) is 26.7 Å². The van der Waals surface area contributed by atoms with Gasteiger partial charge in [0.15, 0.2) is 0 Å². The predicted molar refractivity (Wildman–Crippen MR) is 108 cm³/mol. The Morgan fingerprint density at radius 3 is 2.41 bits per heavy atom. The van der Waals surface area contributed by atoms with E-state index >= 15 is 0 Å². The Morgan fingerprint density at radius 2 is 1.67 bits per heavy atom. The van der Waals surface area contributed by atoms with Gasteiger partial charge in [-0.1, -0.05) is 24.3 Å². The first-order valence-corrected chi connectivity index (χ1v) is 8.94. The Bertz CT molecular complexity index is 750. The zero-order chi connectivity index (χ0) is 19.5. The molecule has 27 heavy (non-hydrogen) atoms. The van der Waals surface area contributed by atoms with Gasteiger partial charge in [-0.3, -0.25) is 0 Å². The van der Waals surface area contributed by atoms with E-state index in [4.69, 9.17) is 4.74 Å². The van der Waals surface area contributed by atoms with Crippen molar-refractivity contribution in [2.45, 2.75) is 20.3 Å². The predicted octanol–water partition coefficient (Wildman–Crippen LogP) is 4.19. The van der Waals surface area contributed by atoms with Crippen molar-refractivity contribution in [2.24, 2.45) is 0 Å². The maximum atomic E-state index is 12.1. The minimum Gasteiger partial charge on any atom is -0.382 e. The van der Waals surface area contributed by atoms with E-state index < -0.39 is 0 Å². The van der Waals surface area contributed by atoms with Gasteiger partial charge >= 0.3 is 12.1 Å². The number of benzene rings is 2. The van der Waals surface area contributed by atoms with E-state index in [1.165, 1.54) is 0 Å². The van der Waals surface area contributed by atoms with Crippen LogP contribution in [0.3, 0.4) is 0 Å². The van der Waals surface area contributed by atoms with Crippen LogP contribution in [0.2, 0.25) is 0 Å². The second-order valence-electron chi connectivity index (χ2n) is 5.91. The van der Waals surface area contributed by atoms with Gasteiger partial charge in [-0.15, -0.1) is 0 Å². The minimum atomic E-state index is -0.351. The number of nitrogens with one attached hydrogen (secondary N) is 4. The number of urea groups is 2. The van der Waals surface area contributed by atoms with Crippen molar-refractivity contribution >= 4 is 29.1 Å². The number of anilines is 3. The highest BCUT2D eigenvalue weighted by Gasteiger charge is 2.07. The number of hydrogen-bond donors (Lipinski definition) is 4. The summed E-state index contributed by atoms with van der Waals surface area (Å²) in [6.45, 7) is 5.64. The molecular formula is C20H26N4O3. The Kier molecular flexibility index (Phi) is 8.12. The highest BCUT2D eigenvalue weighted by Crippen LogP contribution is 2.20. The van der Waals surface area contributed by atoms with Crippen LogP contribution >= 0.6 is 0 Å². The molecule has 0 saturated heterocycles. The van der Waals surface area contributed by atoms with Crippen molar-refractivity contribution in [2.75, 3.05) is 35.7 Å². The standard InChI is InChI=1S/C20H26N4O3/c1-3-27-13-7-12-21-19(25)24-18-14-17(11-10-15(18)2)23-20(26)22-16-8-5-4-6-9-16/h4-6,8-11,14H,3,7,12-13H2,1-2H3,(H2,21,24,25)(H2,22,23,26). The van der Waals surface area contributed by atoms with Crippen LogP contribution in [-0.4, -0.2) is 31.8 Å².